The van der Waals surface area contributed by atoms with Gasteiger partial charge in [0.25, 0.3) is 0 Å². The smallest absolute Gasteiger partial charge is 0.282 e. The number of piperidine rings is 2. The van der Waals surface area contributed by atoms with Crippen molar-refractivity contribution >= 4 is 21.8 Å². The Kier molecular flexibility index (Phi) is 6.34. The number of rotatable bonds is 6. The van der Waals surface area contributed by atoms with Gasteiger partial charge in [-0.25, -0.2) is 22.2 Å². The number of hydrogen-bond acceptors (Lipinski definition) is 6. The summed E-state index contributed by atoms with van der Waals surface area (Å²) in [4.78, 5) is 37.6. The number of amides is 2. The average molecular weight is 454 g/mol. The second-order valence-electron chi connectivity index (χ2n) is 8.85. The van der Waals surface area contributed by atoms with Crippen LogP contribution in [0, 0.1) is 0 Å². The zero-order valence-corrected chi connectivity index (χ0v) is 18.8. The summed E-state index contributed by atoms with van der Waals surface area (Å²) in [7, 11) is -1.90. The molecule has 1 aromatic rings. The summed E-state index contributed by atoms with van der Waals surface area (Å²) in [5.41, 5.74) is -0.0900. The van der Waals surface area contributed by atoms with Crippen LogP contribution in [0.2, 0.25) is 0 Å². The first-order valence-electron chi connectivity index (χ1n) is 11.2. The molecule has 1 aromatic heterocycles. The SMILES string of the molecule is Cn1nc(C2CCN(S(=O)(=O)CCN3C(=O)CCCC3=O)CC2)n(C2CCCC2)c1=O. The Morgan fingerprint density at radius 2 is 1.55 bits per heavy atom. The molecule has 2 aliphatic heterocycles. The van der Waals surface area contributed by atoms with Gasteiger partial charge >= 0.3 is 5.69 Å². The fraction of sp³-hybridized carbons (Fsp3) is 0.800. The van der Waals surface area contributed by atoms with Crippen molar-refractivity contribution in [2.24, 2.45) is 7.05 Å². The maximum Gasteiger partial charge on any atom is 0.345 e. The van der Waals surface area contributed by atoms with Crippen LogP contribution in [0.3, 0.4) is 0 Å². The number of sulfonamides is 1. The molecule has 0 atom stereocenters. The monoisotopic (exact) mass is 453 g/mol. The molecule has 2 saturated heterocycles. The van der Waals surface area contributed by atoms with Crippen LogP contribution in [0.25, 0.3) is 0 Å². The van der Waals surface area contributed by atoms with Gasteiger partial charge in [0.1, 0.15) is 5.82 Å². The summed E-state index contributed by atoms with van der Waals surface area (Å²) in [6.45, 7) is 0.621. The third kappa shape index (κ3) is 4.48. The zero-order chi connectivity index (χ0) is 22.2. The predicted molar refractivity (Wildman–Crippen MR) is 113 cm³/mol. The number of nitrogens with zero attached hydrogens (tertiary/aromatic N) is 5. The molecule has 0 unspecified atom stereocenters. The molecule has 3 aliphatic rings. The largest absolute Gasteiger partial charge is 0.345 e. The first-order chi connectivity index (χ1) is 14.8. The maximum absolute atomic E-state index is 12.8. The third-order valence-electron chi connectivity index (χ3n) is 6.84. The fourth-order valence-electron chi connectivity index (χ4n) is 5.06. The Hall–Kier alpha value is -2.01. The number of carbonyl (C=O) groups is 2. The van der Waals surface area contributed by atoms with E-state index in [0.29, 0.717) is 45.2 Å². The van der Waals surface area contributed by atoms with Crippen molar-refractivity contribution in [2.45, 2.75) is 69.7 Å². The van der Waals surface area contributed by atoms with Crippen LogP contribution in [-0.2, 0) is 26.7 Å². The lowest BCUT2D eigenvalue weighted by Crippen LogP contribution is -2.46. The van der Waals surface area contributed by atoms with Crippen LogP contribution in [-0.4, -0.2) is 69.2 Å². The highest BCUT2D eigenvalue weighted by atomic mass is 32.2. The van der Waals surface area contributed by atoms with Crippen molar-refractivity contribution in [1.82, 2.24) is 23.6 Å². The van der Waals surface area contributed by atoms with Crippen molar-refractivity contribution in [1.29, 1.82) is 0 Å². The van der Waals surface area contributed by atoms with Crippen molar-refractivity contribution in [3.63, 3.8) is 0 Å². The lowest BCUT2D eigenvalue weighted by Gasteiger charge is -2.32. The Morgan fingerprint density at radius 1 is 0.935 bits per heavy atom. The summed E-state index contributed by atoms with van der Waals surface area (Å²) >= 11 is 0. The van der Waals surface area contributed by atoms with Gasteiger partial charge < -0.3 is 0 Å². The minimum absolute atomic E-state index is 0.0474. The van der Waals surface area contributed by atoms with E-state index in [0.717, 1.165) is 36.4 Å². The maximum atomic E-state index is 12.8. The van der Waals surface area contributed by atoms with Crippen LogP contribution in [0.1, 0.15) is 75.6 Å². The summed E-state index contributed by atoms with van der Waals surface area (Å²) in [5.74, 6) is 0.00783. The standard InChI is InChI=1S/C20H31N5O5S/c1-22-20(28)25(16-5-2-3-6-16)19(21-22)15-9-11-23(12-10-15)31(29,30)14-13-24-17(26)7-4-8-18(24)27/h15-16H,2-14H2,1H3. The Labute approximate surface area is 182 Å². The molecule has 0 N–H and O–H groups in total. The molecule has 0 bridgehead atoms. The van der Waals surface area contributed by atoms with Gasteiger partial charge in [0.2, 0.25) is 21.8 Å². The number of likely N-dealkylation sites (tertiary alicyclic amines) is 1. The van der Waals surface area contributed by atoms with E-state index in [1.54, 1.807) is 7.05 Å². The van der Waals surface area contributed by atoms with E-state index in [1.807, 2.05) is 4.57 Å². The first kappa shape index (κ1) is 22.2. The number of imide groups is 1. The molecule has 11 heteroatoms. The minimum Gasteiger partial charge on any atom is -0.282 e. The first-order valence-corrected chi connectivity index (χ1v) is 12.9. The molecular weight excluding hydrogens is 422 g/mol. The van der Waals surface area contributed by atoms with Crippen molar-refractivity contribution < 1.29 is 18.0 Å². The van der Waals surface area contributed by atoms with Gasteiger partial charge in [-0.3, -0.25) is 19.1 Å². The second kappa shape index (κ2) is 8.85. The summed E-state index contributed by atoms with van der Waals surface area (Å²) in [6, 6.07) is 0.192. The van der Waals surface area contributed by atoms with Crippen LogP contribution in [0.15, 0.2) is 4.79 Å². The van der Waals surface area contributed by atoms with Gasteiger partial charge in [-0.15, -0.1) is 0 Å². The highest BCUT2D eigenvalue weighted by molar-refractivity contribution is 7.89. The highest BCUT2D eigenvalue weighted by Gasteiger charge is 2.34. The quantitative estimate of drug-likeness (QED) is 0.587. The number of aryl methyl sites for hydroxylation is 1. The van der Waals surface area contributed by atoms with E-state index in [4.69, 9.17) is 0 Å². The zero-order valence-electron chi connectivity index (χ0n) is 18.0. The van der Waals surface area contributed by atoms with Crippen LogP contribution in [0.5, 0.6) is 0 Å². The molecule has 172 valence electrons. The number of carbonyl (C=O) groups excluding carboxylic acids is 2. The number of aromatic nitrogens is 3. The molecule has 1 saturated carbocycles. The highest BCUT2D eigenvalue weighted by Crippen LogP contribution is 2.34. The van der Waals surface area contributed by atoms with Crippen molar-refractivity contribution in [3.8, 4) is 0 Å². The predicted octanol–water partition coefficient (Wildman–Crippen LogP) is 0.745. The molecule has 4 rings (SSSR count). The van der Waals surface area contributed by atoms with E-state index in [1.165, 1.54) is 8.99 Å². The lowest BCUT2D eigenvalue weighted by atomic mass is 9.97. The van der Waals surface area contributed by atoms with Gasteiger partial charge in [-0.2, -0.15) is 5.10 Å². The van der Waals surface area contributed by atoms with Crippen LogP contribution < -0.4 is 5.69 Å². The van der Waals surface area contributed by atoms with Gasteiger partial charge in [-0.1, -0.05) is 12.8 Å². The molecule has 0 radical (unpaired) electrons. The molecule has 3 fully saturated rings. The van der Waals surface area contributed by atoms with Gasteiger partial charge in [0.05, 0.1) is 5.75 Å². The molecule has 31 heavy (non-hydrogen) atoms. The van der Waals surface area contributed by atoms with Crippen molar-refractivity contribution in [3.05, 3.63) is 16.3 Å². The van der Waals surface area contributed by atoms with Gasteiger partial charge in [-0.05, 0) is 32.1 Å². The topological polar surface area (TPSA) is 115 Å². The Bertz CT molecular complexity index is 984. The van der Waals surface area contributed by atoms with E-state index >= 15 is 0 Å². The lowest BCUT2D eigenvalue weighted by molar-refractivity contribution is -0.147. The van der Waals surface area contributed by atoms with E-state index in [2.05, 4.69) is 5.10 Å². The Balaban J connectivity index is 1.39. The number of hydrogen-bond donors (Lipinski definition) is 0. The molecular formula is C20H31N5O5S. The van der Waals surface area contributed by atoms with Crippen LogP contribution >= 0.6 is 0 Å². The second-order valence-corrected chi connectivity index (χ2v) is 10.9. The molecule has 0 spiro atoms. The van der Waals surface area contributed by atoms with Gasteiger partial charge in [0, 0.05) is 51.5 Å². The molecule has 1 aliphatic carbocycles. The summed E-state index contributed by atoms with van der Waals surface area (Å²) < 4.78 is 30.3. The van der Waals surface area contributed by atoms with E-state index < -0.39 is 10.0 Å². The van der Waals surface area contributed by atoms with E-state index in [9.17, 15) is 22.8 Å². The fourth-order valence-corrected chi connectivity index (χ4v) is 6.50. The minimum atomic E-state index is -3.57. The third-order valence-corrected chi connectivity index (χ3v) is 8.69. The van der Waals surface area contributed by atoms with Gasteiger partial charge in [0.15, 0.2) is 0 Å². The molecule has 2 amide bonds. The van der Waals surface area contributed by atoms with Crippen molar-refractivity contribution in [2.75, 3.05) is 25.4 Å². The molecule has 10 nitrogen and oxygen atoms in total. The summed E-state index contributed by atoms with van der Waals surface area (Å²) in [6.07, 6.45) is 6.53. The molecule has 3 heterocycles. The Morgan fingerprint density at radius 3 is 2.16 bits per heavy atom. The van der Waals surface area contributed by atoms with Crippen LogP contribution in [0.4, 0.5) is 0 Å². The molecule has 0 aromatic carbocycles. The summed E-state index contributed by atoms with van der Waals surface area (Å²) in [5, 5.41) is 4.50. The van der Waals surface area contributed by atoms with E-state index in [-0.39, 0.29) is 41.8 Å². The normalized spacial score (nSPS) is 22.5. The average Bonchev–Trinajstić information content (AvgIpc) is 3.36.